The van der Waals surface area contributed by atoms with Gasteiger partial charge in [-0.2, -0.15) is 9.78 Å². The second-order valence-corrected chi connectivity index (χ2v) is 8.56. The van der Waals surface area contributed by atoms with Crippen molar-refractivity contribution in [2.45, 2.75) is 44.9 Å². The molecule has 0 saturated carbocycles. The number of nitrogens with zero attached hydrogens (tertiary/aromatic N) is 8. The number of ether oxygens (including phenoxy) is 3. The van der Waals surface area contributed by atoms with Crippen molar-refractivity contribution in [3.8, 4) is 0 Å². The predicted molar refractivity (Wildman–Crippen MR) is 123 cm³/mol. The van der Waals surface area contributed by atoms with Crippen LogP contribution in [0.15, 0.2) is 36.7 Å². The van der Waals surface area contributed by atoms with E-state index in [1.54, 1.807) is 0 Å². The molecule has 13 nitrogen and oxygen atoms in total. The third kappa shape index (κ3) is 4.72. The summed E-state index contributed by atoms with van der Waals surface area (Å²) in [7, 11) is 0. The number of carbonyl (C=O) groups excluding carboxylic acids is 2. The van der Waals surface area contributed by atoms with Gasteiger partial charge in [-0.3, -0.25) is 14.2 Å². The molecule has 0 bridgehead atoms. The van der Waals surface area contributed by atoms with Gasteiger partial charge in [0.25, 0.3) is 0 Å². The Hall–Kier alpha value is -3.68. The Morgan fingerprint density at radius 3 is 2.50 bits per heavy atom. The summed E-state index contributed by atoms with van der Waals surface area (Å²) in [6, 6.07) is 9.54. The summed E-state index contributed by atoms with van der Waals surface area (Å²) in [6.45, 7) is 2.81. The molecule has 0 radical (unpaired) electrons. The van der Waals surface area contributed by atoms with Crippen molar-refractivity contribution in [2.24, 2.45) is 0 Å². The molecule has 1 aromatic carbocycles. The molecule has 4 unspecified atom stereocenters. The van der Waals surface area contributed by atoms with Crippen LogP contribution < -0.4 is 0 Å². The number of aromatic nitrogens is 8. The maximum absolute atomic E-state index is 12.0. The van der Waals surface area contributed by atoms with Crippen LogP contribution in [0.5, 0.6) is 0 Å². The van der Waals surface area contributed by atoms with Crippen LogP contribution in [-0.2, 0) is 30.3 Å². The zero-order valence-electron chi connectivity index (χ0n) is 18.9. The highest BCUT2D eigenvalue weighted by Crippen LogP contribution is 2.42. The van der Waals surface area contributed by atoms with Gasteiger partial charge < -0.3 is 14.2 Å². The van der Waals surface area contributed by atoms with Gasteiger partial charge in [0, 0.05) is 13.8 Å². The Kier molecular flexibility index (Phi) is 6.51. The Bertz CT molecular complexity index is 1430. The monoisotopic (exact) mass is 532 g/mol. The summed E-state index contributed by atoms with van der Waals surface area (Å²) in [5.41, 5.74) is 1.44. The maximum atomic E-state index is 12.0. The fourth-order valence-electron chi connectivity index (χ4n) is 3.94. The van der Waals surface area contributed by atoms with Crippen LogP contribution in [0.2, 0.25) is 10.4 Å². The molecule has 1 aliphatic rings. The molecule has 1 saturated heterocycles. The van der Waals surface area contributed by atoms with Gasteiger partial charge in [0.05, 0.1) is 12.9 Å². The molecular formula is C21H18Cl2N8O5. The number of tetrazole rings is 1. The fraction of sp³-hybridized carbons (Fsp3) is 0.333. The standard InChI is InChI=1S/C21H18Cl2N8O5/c1-10(32)34-14-15(18-27-29-31(28-18)8-12-6-4-3-5-7-12)36-20(16(14)35-11(2)33)30-9-24-13-17(22)25-21(23)26-19(13)30/h3-7,9,14-16,20H,8H2,1-2H3. The molecule has 4 heterocycles. The van der Waals surface area contributed by atoms with E-state index in [0.29, 0.717) is 6.54 Å². The molecule has 1 fully saturated rings. The molecule has 4 aromatic rings. The molecule has 4 atom stereocenters. The third-order valence-electron chi connectivity index (χ3n) is 5.31. The molecule has 0 N–H and O–H groups in total. The minimum absolute atomic E-state index is 0.0318. The number of hydrogen-bond donors (Lipinski definition) is 0. The molecule has 15 heteroatoms. The number of fused-ring (bicyclic) bond motifs is 1. The smallest absolute Gasteiger partial charge is 0.303 e. The minimum Gasteiger partial charge on any atom is -0.455 e. The first-order chi connectivity index (χ1) is 17.3. The number of carbonyl (C=O) groups is 2. The van der Waals surface area contributed by atoms with E-state index in [1.165, 1.54) is 29.5 Å². The highest BCUT2D eigenvalue weighted by atomic mass is 35.5. The van der Waals surface area contributed by atoms with E-state index in [4.69, 9.17) is 37.4 Å². The Morgan fingerprint density at radius 1 is 1.06 bits per heavy atom. The highest BCUT2D eigenvalue weighted by Gasteiger charge is 2.53. The van der Waals surface area contributed by atoms with E-state index in [1.807, 2.05) is 30.3 Å². The quantitative estimate of drug-likeness (QED) is 0.204. The Balaban J connectivity index is 1.54. The van der Waals surface area contributed by atoms with E-state index in [2.05, 4.69) is 30.4 Å². The van der Waals surface area contributed by atoms with Crippen molar-refractivity contribution >= 4 is 46.3 Å². The summed E-state index contributed by atoms with van der Waals surface area (Å²) in [6.07, 6.45) is -2.90. The molecule has 0 spiro atoms. The molecular weight excluding hydrogens is 515 g/mol. The lowest BCUT2D eigenvalue weighted by Gasteiger charge is -2.23. The van der Waals surface area contributed by atoms with Crippen molar-refractivity contribution in [3.63, 3.8) is 0 Å². The van der Waals surface area contributed by atoms with Gasteiger partial charge in [-0.25, -0.2) is 9.97 Å². The fourth-order valence-corrected chi connectivity index (χ4v) is 4.36. The van der Waals surface area contributed by atoms with Gasteiger partial charge >= 0.3 is 11.9 Å². The van der Waals surface area contributed by atoms with Gasteiger partial charge in [-0.15, -0.1) is 10.2 Å². The van der Waals surface area contributed by atoms with Crippen LogP contribution in [0.3, 0.4) is 0 Å². The zero-order chi connectivity index (χ0) is 25.4. The van der Waals surface area contributed by atoms with Crippen LogP contribution >= 0.6 is 23.2 Å². The number of imidazole rings is 1. The molecule has 5 rings (SSSR count). The SMILES string of the molecule is CC(=O)OC1C(c2nnn(Cc3ccccc3)n2)OC(n2cnc3c(Cl)nc(Cl)nc32)C1OC(C)=O. The average Bonchev–Trinajstić information content (AvgIpc) is 3.52. The minimum atomic E-state index is -1.11. The van der Waals surface area contributed by atoms with Crippen molar-refractivity contribution in [3.05, 3.63) is 58.5 Å². The third-order valence-corrected chi connectivity index (χ3v) is 5.74. The van der Waals surface area contributed by atoms with Gasteiger partial charge in [0.15, 0.2) is 35.3 Å². The first-order valence-electron chi connectivity index (χ1n) is 10.7. The highest BCUT2D eigenvalue weighted by molar-refractivity contribution is 6.35. The second-order valence-electron chi connectivity index (χ2n) is 7.87. The van der Waals surface area contributed by atoms with Crippen molar-refractivity contribution in [1.29, 1.82) is 0 Å². The van der Waals surface area contributed by atoms with Crippen LogP contribution in [0.25, 0.3) is 11.2 Å². The first kappa shape index (κ1) is 24.0. The van der Waals surface area contributed by atoms with Crippen molar-refractivity contribution in [2.75, 3.05) is 0 Å². The number of hydrogen-bond acceptors (Lipinski definition) is 11. The number of benzene rings is 1. The average molecular weight is 533 g/mol. The lowest BCUT2D eigenvalue weighted by atomic mass is 10.1. The first-order valence-corrected chi connectivity index (χ1v) is 11.4. The number of rotatable bonds is 6. The Morgan fingerprint density at radius 2 is 1.78 bits per heavy atom. The normalized spacial score (nSPS) is 21.6. The lowest BCUT2D eigenvalue weighted by molar-refractivity contribution is -0.165. The largest absolute Gasteiger partial charge is 0.455 e. The van der Waals surface area contributed by atoms with Crippen molar-refractivity contribution in [1.82, 2.24) is 39.7 Å². The molecule has 186 valence electrons. The topological polar surface area (TPSA) is 149 Å². The van der Waals surface area contributed by atoms with Gasteiger partial charge in [-0.1, -0.05) is 41.9 Å². The molecule has 36 heavy (non-hydrogen) atoms. The summed E-state index contributed by atoms with van der Waals surface area (Å²) >= 11 is 12.2. The molecule has 0 amide bonds. The predicted octanol–water partition coefficient (Wildman–Crippen LogP) is 2.30. The molecule has 0 aliphatic carbocycles. The van der Waals surface area contributed by atoms with E-state index in [-0.39, 0.29) is 27.4 Å². The van der Waals surface area contributed by atoms with Gasteiger partial charge in [0.1, 0.15) is 5.52 Å². The lowest BCUT2D eigenvalue weighted by Crippen LogP contribution is -2.37. The van der Waals surface area contributed by atoms with E-state index < -0.39 is 36.5 Å². The zero-order valence-corrected chi connectivity index (χ0v) is 20.4. The van der Waals surface area contributed by atoms with Crippen LogP contribution in [0, 0.1) is 0 Å². The van der Waals surface area contributed by atoms with E-state index in [9.17, 15) is 9.59 Å². The summed E-state index contributed by atoms with van der Waals surface area (Å²) in [5.74, 6) is -1.11. The Labute approximate surface area is 213 Å². The van der Waals surface area contributed by atoms with Crippen LogP contribution in [-0.4, -0.2) is 63.9 Å². The summed E-state index contributed by atoms with van der Waals surface area (Å²) < 4.78 is 18.8. The van der Waals surface area contributed by atoms with Crippen LogP contribution in [0.4, 0.5) is 0 Å². The molecule has 3 aromatic heterocycles. The summed E-state index contributed by atoms with van der Waals surface area (Å²) in [5, 5.41) is 12.5. The second kappa shape index (κ2) is 9.76. The summed E-state index contributed by atoms with van der Waals surface area (Å²) in [4.78, 5) is 37.7. The van der Waals surface area contributed by atoms with Gasteiger partial charge in [-0.05, 0) is 22.4 Å². The number of esters is 2. The number of halogens is 2. The van der Waals surface area contributed by atoms with E-state index in [0.717, 1.165) is 5.56 Å². The van der Waals surface area contributed by atoms with Gasteiger partial charge in [0.2, 0.25) is 11.1 Å². The van der Waals surface area contributed by atoms with Crippen molar-refractivity contribution < 1.29 is 23.8 Å². The van der Waals surface area contributed by atoms with Crippen LogP contribution in [0.1, 0.15) is 37.6 Å². The van der Waals surface area contributed by atoms with E-state index >= 15 is 0 Å². The molecule has 1 aliphatic heterocycles. The maximum Gasteiger partial charge on any atom is 0.303 e.